The minimum Gasteiger partial charge on any atom is -0.488 e. The van der Waals surface area contributed by atoms with Gasteiger partial charge in [-0.15, -0.1) is 0 Å². The number of rotatable bonds is 1. The van der Waals surface area contributed by atoms with E-state index in [4.69, 9.17) is 4.74 Å². The number of hydrogen-bond acceptors (Lipinski definition) is 3. The molecule has 1 fully saturated rings. The first-order valence-corrected chi connectivity index (χ1v) is 5.63. The number of nitrogens with one attached hydrogen (secondary N) is 1. The van der Waals surface area contributed by atoms with Gasteiger partial charge in [-0.2, -0.15) is 0 Å². The molecule has 0 aromatic rings. The highest BCUT2D eigenvalue weighted by Crippen LogP contribution is 2.13. The minimum absolute atomic E-state index is 0.0584. The lowest BCUT2D eigenvalue weighted by atomic mass is 10.2. The van der Waals surface area contributed by atoms with Gasteiger partial charge in [0.25, 0.3) is 5.91 Å². The molecule has 4 nitrogen and oxygen atoms in total. The summed E-state index contributed by atoms with van der Waals surface area (Å²) in [5.74, 6) is 0.610. The van der Waals surface area contributed by atoms with E-state index in [0.717, 1.165) is 32.5 Å². The molecule has 0 aromatic carbocycles. The van der Waals surface area contributed by atoms with E-state index >= 15 is 0 Å². The fourth-order valence-electron chi connectivity index (χ4n) is 1.98. The molecule has 2 aliphatic rings. The van der Waals surface area contributed by atoms with Gasteiger partial charge in [-0.25, -0.2) is 0 Å². The van der Waals surface area contributed by atoms with Crippen molar-refractivity contribution in [1.29, 1.82) is 0 Å². The molecule has 0 aliphatic carbocycles. The van der Waals surface area contributed by atoms with Gasteiger partial charge in [0.05, 0.1) is 6.61 Å². The first-order valence-electron chi connectivity index (χ1n) is 5.63. The zero-order chi connectivity index (χ0) is 10.7. The van der Waals surface area contributed by atoms with Crippen LogP contribution in [0.1, 0.15) is 19.8 Å². The van der Waals surface area contributed by atoms with Gasteiger partial charge in [-0.3, -0.25) is 4.79 Å². The standard InChI is InChI=1S/C11H18N2O2/c1-9-8-13(6-5-12-9)11(14)10-4-2-3-7-15-10/h4,9,12H,2-3,5-8H2,1H3/t9-/m1/s1. The van der Waals surface area contributed by atoms with Crippen molar-refractivity contribution in [3.05, 3.63) is 11.8 Å². The van der Waals surface area contributed by atoms with Crippen LogP contribution in [0.2, 0.25) is 0 Å². The Hall–Kier alpha value is -1.03. The SMILES string of the molecule is C[C@@H]1CN(C(=O)C2=CCCCO2)CCN1. The largest absolute Gasteiger partial charge is 0.488 e. The van der Waals surface area contributed by atoms with Gasteiger partial charge in [-0.05, 0) is 25.8 Å². The molecule has 0 bridgehead atoms. The van der Waals surface area contributed by atoms with Crippen LogP contribution in [0, 0.1) is 0 Å². The van der Waals surface area contributed by atoms with E-state index in [1.165, 1.54) is 0 Å². The molecule has 84 valence electrons. The summed E-state index contributed by atoms with van der Waals surface area (Å²) in [6.07, 6.45) is 3.90. The molecule has 2 rings (SSSR count). The second-order valence-electron chi connectivity index (χ2n) is 4.17. The number of piperazine rings is 1. The Kier molecular flexibility index (Phi) is 3.26. The molecule has 2 heterocycles. The summed E-state index contributed by atoms with van der Waals surface area (Å²) in [4.78, 5) is 13.9. The average molecular weight is 210 g/mol. The van der Waals surface area contributed by atoms with Gasteiger partial charge in [0.2, 0.25) is 0 Å². The van der Waals surface area contributed by atoms with Gasteiger partial charge in [-0.1, -0.05) is 0 Å². The third kappa shape index (κ3) is 2.50. The van der Waals surface area contributed by atoms with Crippen LogP contribution in [-0.2, 0) is 9.53 Å². The Morgan fingerprint density at radius 1 is 1.67 bits per heavy atom. The molecular formula is C11H18N2O2. The van der Waals surface area contributed by atoms with E-state index in [1.807, 2.05) is 11.0 Å². The van der Waals surface area contributed by atoms with Gasteiger partial charge in [0.1, 0.15) is 0 Å². The Morgan fingerprint density at radius 2 is 2.53 bits per heavy atom. The van der Waals surface area contributed by atoms with Crippen LogP contribution in [0.3, 0.4) is 0 Å². The summed E-state index contributed by atoms with van der Waals surface area (Å²) < 4.78 is 5.38. The number of ether oxygens (including phenoxy) is 1. The van der Waals surface area contributed by atoms with Gasteiger partial charge >= 0.3 is 0 Å². The molecule has 15 heavy (non-hydrogen) atoms. The quantitative estimate of drug-likeness (QED) is 0.685. The number of allylic oxidation sites excluding steroid dienone is 1. The first kappa shape index (κ1) is 10.5. The van der Waals surface area contributed by atoms with Crippen LogP contribution in [-0.4, -0.2) is 43.1 Å². The molecule has 0 unspecified atom stereocenters. The second-order valence-corrected chi connectivity index (χ2v) is 4.17. The summed E-state index contributed by atoms with van der Waals surface area (Å²) in [6.45, 7) is 5.21. The van der Waals surface area contributed by atoms with Crippen LogP contribution in [0.4, 0.5) is 0 Å². The smallest absolute Gasteiger partial charge is 0.288 e. The van der Waals surface area contributed by atoms with Crippen molar-refractivity contribution in [3.8, 4) is 0 Å². The molecule has 0 radical (unpaired) electrons. The molecule has 2 aliphatic heterocycles. The summed E-state index contributed by atoms with van der Waals surface area (Å²) in [5, 5.41) is 3.32. The monoisotopic (exact) mass is 210 g/mol. The van der Waals surface area contributed by atoms with Crippen molar-refractivity contribution >= 4 is 5.91 Å². The maximum absolute atomic E-state index is 12.0. The highest BCUT2D eigenvalue weighted by Gasteiger charge is 2.24. The lowest BCUT2D eigenvalue weighted by Gasteiger charge is -2.32. The molecule has 0 aromatic heterocycles. The number of amides is 1. The molecule has 4 heteroatoms. The molecule has 1 atom stereocenters. The third-order valence-electron chi connectivity index (χ3n) is 2.80. The Bertz CT molecular complexity index is 276. The molecule has 1 saturated heterocycles. The zero-order valence-corrected chi connectivity index (χ0v) is 9.16. The van der Waals surface area contributed by atoms with Crippen LogP contribution in [0.5, 0.6) is 0 Å². The number of carbonyl (C=O) groups is 1. The predicted molar refractivity (Wildman–Crippen MR) is 57.3 cm³/mol. The van der Waals surface area contributed by atoms with Crippen LogP contribution in [0.25, 0.3) is 0 Å². The fraction of sp³-hybridized carbons (Fsp3) is 0.727. The Balaban J connectivity index is 1.97. The second kappa shape index (κ2) is 4.66. The van der Waals surface area contributed by atoms with E-state index in [2.05, 4.69) is 12.2 Å². The summed E-state index contributed by atoms with van der Waals surface area (Å²) >= 11 is 0. The van der Waals surface area contributed by atoms with E-state index in [1.54, 1.807) is 0 Å². The van der Waals surface area contributed by atoms with Gasteiger partial charge in [0.15, 0.2) is 5.76 Å². The summed E-state index contributed by atoms with van der Waals surface area (Å²) in [6, 6.07) is 0.381. The van der Waals surface area contributed by atoms with E-state index in [-0.39, 0.29) is 5.91 Å². The maximum Gasteiger partial charge on any atom is 0.288 e. The van der Waals surface area contributed by atoms with Crippen LogP contribution < -0.4 is 5.32 Å². The molecule has 0 saturated carbocycles. The van der Waals surface area contributed by atoms with Crippen molar-refractivity contribution in [2.45, 2.75) is 25.8 Å². The fourth-order valence-corrected chi connectivity index (χ4v) is 1.98. The van der Waals surface area contributed by atoms with Crippen molar-refractivity contribution in [1.82, 2.24) is 10.2 Å². The van der Waals surface area contributed by atoms with Gasteiger partial charge < -0.3 is 15.0 Å². The Labute approximate surface area is 90.3 Å². The predicted octanol–water partition coefficient (Wildman–Crippen LogP) is 0.501. The van der Waals surface area contributed by atoms with Gasteiger partial charge in [0, 0.05) is 25.7 Å². The van der Waals surface area contributed by atoms with E-state index in [9.17, 15) is 4.79 Å². The highest BCUT2D eigenvalue weighted by molar-refractivity contribution is 5.91. The number of hydrogen-bond donors (Lipinski definition) is 1. The van der Waals surface area contributed by atoms with Crippen molar-refractivity contribution in [3.63, 3.8) is 0 Å². The van der Waals surface area contributed by atoms with E-state index in [0.29, 0.717) is 18.4 Å². The minimum atomic E-state index is 0.0584. The number of carbonyl (C=O) groups excluding carboxylic acids is 1. The molecule has 1 N–H and O–H groups in total. The lowest BCUT2D eigenvalue weighted by Crippen LogP contribution is -2.51. The topological polar surface area (TPSA) is 41.6 Å². The molecule has 0 spiro atoms. The molecular weight excluding hydrogens is 192 g/mol. The normalized spacial score (nSPS) is 26.9. The summed E-state index contributed by atoms with van der Waals surface area (Å²) in [5.41, 5.74) is 0. The summed E-state index contributed by atoms with van der Waals surface area (Å²) in [7, 11) is 0. The zero-order valence-electron chi connectivity index (χ0n) is 9.16. The van der Waals surface area contributed by atoms with Crippen LogP contribution >= 0.6 is 0 Å². The van der Waals surface area contributed by atoms with E-state index < -0.39 is 0 Å². The first-order chi connectivity index (χ1) is 7.27. The van der Waals surface area contributed by atoms with Crippen molar-refractivity contribution in [2.75, 3.05) is 26.2 Å². The maximum atomic E-state index is 12.0. The average Bonchev–Trinajstić information content (AvgIpc) is 2.29. The van der Waals surface area contributed by atoms with Crippen molar-refractivity contribution < 1.29 is 9.53 Å². The van der Waals surface area contributed by atoms with Crippen LogP contribution in [0.15, 0.2) is 11.8 Å². The lowest BCUT2D eigenvalue weighted by molar-refractivity contribution is -0.132. The molecule has 1 amide bonds. The third-order valence-corrected chi connectivity index (χ3v) is 2.80. The number of nitrogens with zero attached hydrogens (tertiary/aromatic N) is 1. The highest BCUT2D eigenvalue weighted by atomic mass is 16.5. The Morgan fingerprint density at radius 3 is 3.20 bits per heavy atom. The van der Waals surface area contributed by atoms with Crippen molar-refractivity contribution in [2.24, 2.45) is 0 Å².